The van der Waals surface area contributed by atoms with E-state index in [2.05, 4.69) is 51.3 Å². The van der Waals surface area contributed by atoms with Gasteiger partial charge in [0.15, 0.2) is 0 Å². The molecule has 0 bridgehead atoms. The lowest BCUT2D eigenvalue weighted by molar-refractivity contribution is 0.544. The second kappa shape index (κ2) is 4.10. The largest absolute Gasteiger partial charge is 0.144 e. The molecule has 0 aliphatic rings. The predicted molar refractivity (Wildman–Crippen MR) is 62.0 cm³/mol. The van der Waals surface area contributed by atoms with Gasteiger partial charge in [0.05, 0.1) is 0 Å². The summed E-state index contributed by atoms with van der Waals surface area (Å²) in [5, 5.41) is 2.14. The Morgan fingerprint density at radius 3 is 2.54 bits per heavy atom. The number of thiophene rings is 1. The summed E-state index contributed by atoms with van der Waals surface area (Å²) >= 11 is 1.83. The molecule has 0 saturated heterocycles. The summed E-state index contributed by atoms with van der Waals surface area (Å²) in [7, 11) is 0. The van der Waals surface area contributed by atoms with Crippen molar-refractivity contribution in [2.24, 2.45) is 5.41 Å². The van der Waals surface area contributed by atoms with Crippen LogP contribution >= 0.6 is 11.3 Å². The van der Waals surface area contributed by atoms with Crippen molar-refractivity contribution in [3.8, 4) is 0 Å². The molecule has 1 heterocycles. The van der Waals surface area contributed by atoms with Gasteiger partial charge >= 0.3 is 0 Å². The zero-order valence-corrected chi connectivity index (χ0v) is 9.74. The molecule has 1 heteroatoms. The van der Waals surface area contributed by atoms with Crippen LogP contribution in [0.5, 0.6) is 0 Å². The molecule has 0 radical (unpaired) electrons. The predicted octanol–water partition coefficient (Wildman–Crippen LogP) is 4.59. The fraction of sp³-hybridized carbons (Fsp3) is 0.500. The van der Waals surface area contributed by atoms with Crippen molar-refractivity contribution in [1.82, 2.24) is 0 Å². The van der Waals surface area contributed by atoms with Crippen molar-refractivity contribution in [1.29, 1.82) is 0 Å². The smallest absolute Gasteiger partial charge is 0.0299 e. The Kier molecular flexibility index (Phi) is 3.32. The summed E-state index contributed by atoms with van der Waals surface area (Å²) in [6.45, 7) is 8.96. The van der Waals surface area contributed by atoms with Gasteiger partial charge in [0.2, 0.25) is 0 Å². The maximum atomic E-state index is 2.37. The van der Waals surface area contributed by atoms with E-state index in [1.165, 1.54) is 10.5 Å². The van der Waals surface area contributed by atoms with Crippen LogP contribution in [0.15, 0.2) is 23.6 Å². The zero-order chi connectivity index (χ0) is 9.90. The number of allylic oxidation sites excluding steroid dienone is 2. The first kappa shape index (κ1) is 10.5. The Bertz CT molecular complexity index is 273. The molecule has 0 amide bonds. The van der Waals surface area contributed by atoms with Gasteiger partial charge in [0, 0.05) is 4.88 Å². The third-order valence-corrected chi connectivity index (χ3v) is 2.77. The average Bonchev–Trinajstić information content (AvgIpc) is 2.50. The van der Waals surface area contributed by atoms with E-state index in [4.69, 9.17) is 0 Å². The minimum Gasteiger partial charge on any atom is -0.144 e. The molecule has 72 valence electrons. The van der Waals surface area contributed by atoms with Crippen molar-refractivity contribution in [3.63, 3.8) is 0 Å². The van der Waals surface area contributed by atoms with Crippen molar-refractivity contribution in [2.75, 3.05) is 0 Å². The average molecular weight is 194 g/mol. The van der Waals surface area contributed by atoms with Crippen LogP contribution in [-0.2, 0) is 0 Å². The van der Waals surface area contributed by atoms with Gasteiger partial charge in [0.25, 0.3) is 0 Å². The van der Waals surface area contributed by atoms with E-state index in [1.54, 1.807) is 0 Å². The van der Waals surface area contributed by atoms with Crippen LogP contribution in [0.4, 0.5) is 0 Å². The van der Waals surface area contributed by atoms with E-state index in [0.29, 0.717) is 0 Å². The van der Waals surface area contributed by atoms with E-state index >= 15 is 0 Å². The van der Waals surface area contributed by atoms with Gasteiger partial charge in [-0.1, -0.05) is 39.8 Å². The summed E-state index contributed by atoms with van der Waals surface area (Å²) in [4.78, 5) is 1.41. The van der Waals surface area contributed by atoms with Crippen molar-refractivity contribution in [3.05, 3.63) is 28.5 Å². The Morgan fingerprint density at radius 2 is 2.15 bits per heavy atom. The van der Waals surface area contributed by atoms with Crippen LogP contribution < -0.4 is 0 Å². The third kappa shape index (κ3) is 3.35. The number of rotatable bonds is 2. The summed E-state index contributed by atoms with van der Waals surface area (Å²) in [6, 6.07) is 4.32. The zero-order valence-electron chi connectivity index (χ0n) is 8.92. The van der Waals surface area contributed by atoms with E-state index in [1.807, 2.05) is 11.3 Å². The molecule has 0 aliphatic heterocycles. The van der Waals surface area contributed by atoms with E-state index in [9.17, 15) is 0 Å². The molecule has 0 aromatic carbocycles. The molecule has 1 aromatic rings. The molecule has 13 heavy (non-hydrogen) atoms. The minimum atomic E-state index is 0.287. The third-order valence-electron chi connectivity index (χ3n) is 1.83. The maximum Gasteiger partial charge on any atom is 0.0299 e. The highest BCUT2D eigenvalue weighted by molar-refractivity contribution is 7.11. The first-order chi connectivity index (χ1) is 6.03. The second-order valence-corrected chi connectivity index (χ2v) is 5.31. The molecule has 0 nitrogen and oxygen atoms in total. The van der Waals surface area contributed by atoms with Crippen LogP contribution in [0.3, 0.4) is 0 Å². The van der Waals surface area contributed by atoms with Crippen LogP contribution in [0.2, 0.25) is 0 Å². The van der Waals surface area contributed by atoms with E-state index in [-0.39, 0.29) is 5.41 Å². The topological polar surface area (TPSA) is 0 Å². The number of hydrogen-bond acceptors (Lipinski definition) is 1. The highest BCUT2D eigenvalue weighted by Crippen LogP contribution is 2.28. The second-order valence-electron chi connectivity index (χ2n) is 4.37. The van der Waals surface area contributed by atoms with Gasteiger partial charge in [-0.3, -0.25) is 0 Å². The van der Waals surface area contributed by atoms with Crippen molar-refractivity contribution < 1.29 is 0 Å². The van der Waals surface area contributed by atoms with Crippen molar-refractivity contribution >= 4 is 16.9 Å². The molecule has 0 unspecified atom stereocenters. The number of hydrogen-bond donors (Lipinski definition) is 0. The molecule has 1 rings (SSSR count). The normalized spacial score (nSPS) is 13.4. The first-order valence-electron chi connectivity index (χ1n) is 4.78. The maximum absolute atomic E-state index is 2.37. The lowest BCUT2D eigenvalue weighted by Crippen LogP contribution is -2.00. The molecule has 0 fully saturated rings. The van der Waals surface area contributed by atoms with Crippen LogP contribution in [0.25, 0.3) is 5.57 Å². The van der Waals surface area contributed by atoms with Gasteiger partial charge in [-0.05, 0) is 28.9 Å². The fourth-order valence-corrected chi connectivity index (χ4v) is 2.15. The molecule has 1 aromatic heterocycles. The Morgan fingerprint density at radius 1 is 1.46 bits per heavy atom. The van der Waals surface area contributed by atoms with Crippen LogP contribution in [0.1, 0.15) is 39.0 Å². The monoisotopic (exact) mass is 194 g/mol. The van der Waals surface area contributed by atoms with Gasteiger partial charge in [-0.2, -0.15) is 0 Å². The summed E-state index contributed by atoms with van der Waals surface area (Å²) in [6.07, 6.45) is 3.50. The lowest BCUT2D eigenvalue weighted by Gasteiger charge is -2.14. The molecule has 0 spiro atoms. The van der Waals surface area contributed by atoms with Gasteiger partial charge in [-0.25, -0.2) is 0 Å². The molecular weight excluding hydrogens is 176 g/mol. The quantitative estimate of drug-likeness (QED) is 0.646. The van der Waals surface area contributed by atoms with E-state index in [0.717, 1.165) is 6.42 Å². The van der Waals surface area contributed by atoms with Gasteiger partial charge in [0.1, 0.15) is 0 Å². The molecule has 0 atom stereocenters. The highest BCUT2D eigenvalue weighted by Gasteiger charge is 2.09. The Labute approximate surface area is 85.3 Å². The van der Waals surface area contributed by atoms with E-state index < -0.39 is 0 Å². The SMILES string of the molecule is CC/C(=C\C(C)(C)C)c1cccs1. The fourth-order valence-electron chi connectivity index (χ4n) is 1.33. The molecule has 0 saturated carbocycles. The summed E-state index contributed by atoms with van der Waals surface area (Å²) in [5.74, 6) is 0. The first-order valence-corrected chi connectivity index (χ1v) is 5.66. The molecular formula is C12H18S. The summed E-state index contributed by atoms with van der Waals surface area (Å²) < 4.78 is 0. The van der Waals surface area contributed by atoms with Gasteiger partial charge in [-0.15, -0.1) is 11.3 Å². The highest BCUT2D eigenvalue weighted by atomic mass is 32.1. The Balaban J connectivity index is 2.93. The lowest BCUT2D eigenvalue weighted by atomic mass is 9.92. The summed E-state index contributed by atoms with van der Waals surface area (Å²) in [5.41, 5.74) is 1.76. The van der Waals surface area contributed by atoms with Gasteiger partial charge < -0.3 is 0 Å². The van der Waals surface area contributed by atoms with Crippen LogP contribution in [-0.4, -0.2) is 0 Å². The van der Waals surface area contributed by atoms with Crippen molar-refractivity contribution in [2.45, 2.75) is 34.1 Å². The van der Waals surface area contributed by atoms with Crippen LogP contribution in [0, 0.1) is 5.41 Å². The molecule has 0 aliphatic carbocycles. The Hall–Kier alpha value is -0.560. The standard InChI is InChI=1S/C12H18S/c1-5-10(9-12(2,3)4)11-7-6-8-13-11/h6-9H,5H2,1-4H3/b10-9+. The molecule has 0 N–H and O–H groups in total. The minimum absolute atomic E-state index is 0.287.